The minimum Gasteiger partial charge on any atom is -0.306 e. The lowest BCUT2D eigenvalue weighted by molar-refractivity contribution is 0.321. The van der Waals surface area contributed by atoms with Gasteiger partial charge in [-0.3, -0.25) is 0 Å². The van der Waals surface area contributed by atoms with E-state index in [-0.39, 0.29) is 0 Å². The molecular weight excluding hydrogens is 146 g/mol. The molecule has 12 heavy (non-hydrogen) atoms. The van der Waals surface area contributed by atoms with Crippen LogP contribution in [-0.4, -0.2) is 25.0 Å². The highest BCUT2D eigenvalue weighted by atomic mass is 15.1. The number of nitrogens with zero attached hydrogens (tertiary/aromatic N) is 1. The lowest BCUT2D eigenvalue weighted by Crippen LogP contribution is -2.18. The van der Waals surface area contributed by atoms with Crippen LogP contribution in [0.5, 0.6) is 0 Å². The molecule has 3 unspecified atom stereocenters. The van der Waals surface area contributed by atoms with E-state index in [9.17, 15) is 0 Å². The van der Waals surface area contributed by atoms with Crippen LogP contribution in [0.2, 0.25) is 0 Å². The van der Waals surface area contributed by atoms with E-state index >= 15 is 0 Å². The molecule has 1 nitrogen and oxygen atoms in total. The standard InChI is InChI=1S/C11H21N/c1-4-9-5-8(2)10-6-12(3)7-11(9)10/h8-11H,4-7H2,1-3H3/t8-,9?,10?,11?/m1/s1. The molecule has 1 heterocycles. The van der Waals surface area contributed by atoms with Gasteiger partial charge >= 0.3 is 0 Å². The van der Waals surface area contributed by atoms with Gasteiger partial charge in [-0.05, 0) is 37.1 Å². The molecule has 1 aliphatic carbocycles. The van der Waals surface area contributed by atoms with Gasteiger partial charge in [0.05, 0.1) is 0 Å². The van der Waals surface area contributed by atoms with Gasteiger partial charge in [0.15, 0.2) is 0 Å². The molecule has 1 heteroatoms. The molecule has 2 rings (SSSR count). The Labute approximate surface area is 76.1 Å². The molecule has 1 aliphatic heterocycles. The van der Waals surface area contributed by atoms with Crippen molar-refractivity contribution in [3.05, 3.63) is 0 Å². The highest BCUT2D eigenvalue weighted by Gasteiger charge is 2.44. The Hall–Kier alpha value is -0.0400. The van der Waals surface area contributed by atoms with Crippen LogP contribution in [0.3, 0.4) is 0 Å². The summed E-state index contributed by atoms with van der Waals surface area (Å²) in [5, 5.41) is 0. The molecule has 0 amide bonds. The molecule has 2 aliphatic rings. The van der Waals surface area contributed by atoms with E-state index in [2.05, 4.69) is 25.8 Å². The second-order valence-electron chi connectivity index (χ2n) is 4.93. The first-order chi connectivity index (χ1) is 5.72. The monoisotopic (exact) mass is 167 g/mol. The van der Waals surface area contributed by atoms with E-state index in [1.165, 1.54) is 25.9 Å². The fraction of sp³-hybridized carbons (Fsp3) is 1.00. The van der Waals surface area contributed by atoms with Crippen LogP contribution in [-0.2, 0) is 0 Å². The second kappa shape index (κ2) is 3.02. The summed E-state index contributed by atoms with van der Waals surface area (Å²) in [6, 6.07) is 0. The lowest BCUT2D eigenvalue weighted by atomic mass is 9.90. The smallest absolute Gasteiger partial charge is 0.00126 e. The zero-order valence-corrected chi connectivity index (χ0v) is 8.59. The Morgan fingerprint density at radius 1 is 1.25 bits per heavy atom. The van der Waals surface area contributed by atoms with Crippen LogP contribution in [0.1, 0.15) is 26.7 Å². The topological polar surface area (TPSA) is 3.24 Å². The summed E-state index contributed by atoms with van der Waals surface area (Å²) < 4.78 is 0. The summed E-state index contributed by atoms with van der Waals surface area (Å²) in [7, 11) is 2.28. The average molecular weight is 167 g/mol. The van der Waals surface area contributed by atoms with Crippen LogP contribution in [0.4, 0.5) is 0 Å². The fourth-order valence-electron chi connectivity index (χ4n) is 3.46. The largest absolute Gasteiger partial charge is 0.306 e. The van der Waals surface area contributed by atoms with Crippen molar-refractivity contribution in [3.8, 4) is 0 Å². The van der Waals surface area contributed by atoms with Crippen molar-refractivity contribution in [2.75, 3.05) is 20.1 Å². The first-order valence-corrected chi connectivity index (χ1v) is 5.41. The SMILES string of the molecule is CCC1C[C@@H](C)C2CN(C)CC12. The number of hydrogen-bond donors (Lipinski definition) is 0. The molecule has 4 atom stereocenters. The van der Waals surface area contributed by atoms with Crippen molar-refractivity contribution >= 4 is 0 Å². The molecule has 0 aromatic carbocycles. The minimum absolute atomic E-state index is 0.991. The maximum absolute atomic E-state index is 2.52. The van der Waals surface area contributed by atoms with E-state index in [0.717, 1.165) is 23.7 Å². The van der Waals surface area contributed by atoms with Gasteiger partial charge in [-0.2, -0.15) is 0 Å². The molecule has 70 valence electrons. The first-order valence-electron chi connectivity index (χ1n) is 5.41. The quantitative estimate of drug-likeness (QED) is 0.579. The van der Waals surface area contributed by atoms with Gasteiger partial charge in [0.2, 0.25) is 0 Å². The highest BCUT2D eigenvalue weighted by molar-refractivity contribution is 4.95. The molecule has 2 fully saturated rings. The molecule has 0 aromatic heterocycles. The molecule has 0 spiro atoms. The van der Waals surface area contributed by atoms with Crippen molar-refractivity contribution in [3.63, 3.8) is 0 Å². The molecule has 0 bridgehead atoms. The summed E-state index contributed by atoms with van der Waals surface area (Å²) in [5.74, 6) is 4.09. The summed E-state index contributed by atoms with van der Waals surface area (Å²) in [6.07, 6.45) is 2.90. The summed E-state index contributed by atoms with van der Waals surface area (Å²) in [4.78, 5) is 2.52. The van der Waals surface area contributed by atoms with Gasteiger partial charge in [0.25, 0.3) is 0 Å². The van der Waals surface area contributed by atoms with Crippen molar-refractivity contribution < 1.29 is 0 Å². The van der Waals surface area contributed by atoms with E-state index in [4.69, 9.17) is 0 Å². The van der Waals surface area contributed by atoms with E-state index < -0.39 is 0 Å². The predicted octanol–water partition coefficient (Wildman–Crippen LogP) is 2.23. The Balaban J connectivity index is 2.08. The summed E-state index contributed by atoms with van der Waals surface area (Å²) in [6.45, 7) is 7.54. The van der Waals surface area contributed by atoms with Gasteiger partial charge in [0, 0.05) is 13.1 Å². The van der Waals surface area contributed by atoms with Crippen molar-refractivity contribution in [2.45, 2.75) is 26.7 Å². The number of hydrogen-bond acceptors (Lipinski definition) is 1. The third kappa shape index (κ3) is 1.19. The van der Waals surface area contributed by atoms with Crippen molar-refractivity contribution in [1.82, 2.24) is 4.90 Å². The van der Waals surface area contributed by atoms with Crippen LogP contribution in [0, 0.1) is 23.7 Å². The van der Waals surface area contributed by atoms with E-state index in [1.807, 2.05) is 0 Å². The number of likely N-dealkylation sites (tertiary alicyclic amines) is 1. The molecule has 1 saturated heterocycles. The summed E-state index contributed by atoms with van der Waals surface area (Å²) in [5.41, 5.74) is 0. The van der Waals surface area contributed by atoms with Gasteiger partial charge in [0.1, 0.15) is 0 Å². The van der Waals surface area contributed by atoms with Crippen LogP contribution < -0.4 is 0 Å². The zero-order valence-electron chi connectivity index (χ0n) is 8.59. The Morgan fingerprint density at radius 2 is 1.92 bits per heavy atom. The van der Waals surface area contributed by atoms with Gasteiger partial charge < -0.3 is 4.90 Å². The van der Waals surface area contributed by atoms with Crippen molar-refractivity contribution in [1.29, 1.82) is 0 Å². The molecule has 0 radical (unpaired) electrons. The zero-order chi connectivity index (χ0) is 8.72. The predicted molar refractivity (Wildman–Crippen MR) is 52.0 cm³/mol. The van der Waals surface area contributed by atoms with E-state index in [1.54, 1.807) is 0 Å². The minimum atomic E-state index is 0.991. The molecule has 0 N–H and O–H groups in total. The molecule has 1 saturated carbocycles. The second-order valence-corrected chi connectivity index (χ2v) is 4.93. The maximum Gasteiger partial charge on any atom is 0.00126 e. The van der Waals surface area contributed by atoms with Crippen molar-refractivity contribution in [2.24, 2.45) is 23.7 Å². The van der Waals surface area contributed by atoms with Gasteiger partial charge in [-0.25, -0.2) is 0 Å². The Kier molecular flexibility index (Phi) is 2.16. The average Bonchev–Trinajstić information content (AvgIpc) is 2.52. The number of fused-ring (bicyclic) bond motifs is 1. The van der Waals surface area contributed by atoms with Crippen LogP contribution in [0.15, 0.2) is 0 Å². The normalized spacial score (nSPS) is 48.2. The fourth-order valence-corrected chi connectivity index (χ4v) is 3.46. The summed E-state index contributed by atoms with van der Waals surface area (Å²) >= 11 is 0. The molecule has 0 aromatic rings. The lowest BCUT2D eigenvalue weighted by Gasteiger charge is -2.16. The van der Waals surface area contributed by atoms with E-state index in [0.29, 0.717) is 0 Å². The van der Waals surface area contributed by atoms with Crippen LogP contribution in [0.25, 0.3) is 0 Å². The van der Waals surface area contributed by atoms with Gasteiger partial charge in [-0.1, -0.05) is 20.3 Å². The third-order valence-electron chi connectivity index (χ3n) is 4.13. The Morgan fingerprint density at radius 3 is 2.58 bits per heavy atom. The van der Waals surface area contributed by atoms with Gasteiger partial charge in [-0.15, -0.1) is 0 Å². The third-order valence-corrected chi connectivity index (χ3v) is 4.13. The molecular formula is C11H21N. The maximum atomic E-state index is 2.52. The number of rotatable bonds is 1. The Bertz CT molecular complexity index is 166. The first kappa shape index (κ1) is 8.55. The highest BCUT2D eigenvalue weighted by Crippen LogP contribution is 2.46. The van der Waals surface area contributed by atoms with Crippen LogP contribution >= 0.6 is 0 Å².